The summed E-state index contributed by atoms with van der Waals surface area (Å²) in [6, 6.07) is 4.40. The molecule has 1 N–H and O–H groups in total. The van der Waals surface area contributed by atoms with Crippen molar-refractivity contribution in [3.05, 3.63) is 27.4 Å². The molecule has 2 aromatic heterocycles. The highest BCUT2D eigenvalue weighted by Crippen LogP contribution is 2.29. The number of aromatic nitrogens is 1. The maximum absolute atomic E-state index is 5.76. The van der Waals surface area contributed by atoms with Gasteiger partial charge in [0.15, 0.2) is 5.96 Å². The number of ether oxygens (including phenoxy) is 1. The lowest BCUT2D eigenvalue weighted by Gasteiger charge is -2.34. The van der Waals surface area contributed by atoms with Crippen molar-refractivity contribution in [2.24, 2.45) is 4.99 Å². The average molecular weight is 407 g/mol. The van der Waals surface area contributed by atoms with E-state index in [-0.39, 0.29) is 0 Å². The van der Waals surface area contributed by atoms with Crippen LogP contribution in [0.5, 0.6) is 0 Å². The number of piperidine rings is 1. The van der Waals surface area contributed by atoms with Crippen LogP contribution >= 0.6 is 22.7 Å². The second-order valence-electron chi connectivity index (χ2n) is 6.65. The van der Waals surface area contributed by atoms with Gasteiger partial charge in [0.1, 0.15) is 0 Å². The lowest BCUT2D eigenvalue weighted by Crippen LogP contribution is -2.47. The number of guanidine groups is 1. The number of nitrogens with zero attached hydrogens (tertiary/aromatic N) is 3. The zero-order chi connectivity index (χ0) is 19.1. The molecule has 0 aliphatic carbocycles. The first kappa shape index (κ1) is 20.3. The van der Waals surface area contributed by atoms with Crippen LogP contribution in [0.25, 0.3) is 10.6 Å². The van der Waals surface area contributed by atoms with Gasteiger partial charge < -0.3 is 15.0 Å². The second-order valence-corrected chi connectivity index (χ2v) is 8.88. The molecule has 0 amide bonds. The first-order valence-electron chi connectivity index (χ1n) is 9.85. The molecule has 0 unspecified atom stereocenters. The standard InChI is InChI=1S/C20H30N4OS2/c1-4-21-20(24-12-9-16(10-13-24)25-5-2)22-11-8-17-6-7-19(27-17)18-14-26-15(3)23-18/h6-7,14,16H,4-5,8-13H2,1-3H3,(H,21,22). The van der Waals surface area contributed by atoms with Crippen LogP contribution in [0.4, 0.5) is 0 Å². The predicted octanol–water partition coefficient (Wildman–Crippen LogP) is 4.19. The number of nitrogens with one attached hydrogen (secondary N) is 1. The summed E-state index contributed by atoms with van der Waals surface area (Å²) in [5.41, 5.74) is 1.10. The molecule has 0 saturated carbocycles. The summed E-state index contributed by atoms with van der Waals surface area (Å²) in [5, 5.41) is 6.70. The van der Waals surface area contributed by atoms with Gasteiger partial charge in [-0.2, -0.15) is 0 Å². The van der Waals surface area contributed by atoms with Gasteiger partial charge in [0.2, 0.25) is 0 Å². The number of thiophene rings is 1. The number of hydrogen-bond acceptors (Lipinski definition) is 5. The quantitative estimate of drug-likeness (QED) is 0.553. The monoisotopic (exact) mass is 406 g/mol. The van der Waals surface area contributed by atoms with E-state index >= 15 is 0 Å². The van der Waals surface area contributed by atoms with Crippen molar-refractivity contribution in [2.75, 3.05) is 32.8 Å². The highest BCUT2D eigenvalue weighted by atomic mass is 32.1. The SMILES string of the molecule is CCNC(=NCCc1ccc(-c2csc(C)n2)s1)N1CCC(OCC)CC1. The molecule has 0 atom stereocenters. The molecule has 1 saturated heterocycles. The van der Waals surface area contributed by atoms with E-state index in [0.29, 0.717) is 6.10 Å². The maximum atomic E-state index is 5.76. The topological polar surface area (TPSA) is 49.8 Å². The smallest absolute Gasteiger partial charge is 0.193 e. The minimum atomic E-state index is 0.410. The summed E-state index contributed by atoms with van der Waals surface area (Å²) < 4.78 is 5.76. The van der Waals surface area contributed by atoms with Crippen LogP contribution in [0, 0.1) is 6.92 Å². The van der Waals surface area contributed by atoms with Crippen molar-refractivity contribution in [1.82, 2.24) is 15.2 Å². The van der Waals surface area contributed by atoms with Gasteiger partial charge in [-0.1, -0.05) is 0 Å². The molecule has 0 bridgehead atoms. The molecule has 0 aromatic carbocycles. The molecular weight excluding hydrogens is 376 g/mol. The van der Waals surface area contributed by atoms with Crippen molar-refractivity contribution >= 4 is 28.6 Å². The van der Waals surface area contributed by atoms with Gasteiger partial charge in [0.25, 0.3) is 0 Å². The van der Waals surface area contributed by atoms with Gasteiger partial charge in [-0.15, -0.1) is 22.7 Å². The first-order valence-corrected chi connectivity index (χ1v) is 11.5. The number of thiazole rings is 1. The molecule has 2 aromatic rings. The van der Waals surface area contributed by atoms with Gasteiger partial charge in [-0.25, -0.2) is 4.98 Å². The van der Waals surface area contributed by atoms with Gasteiger partial charge >= 0.3 is 0 Å². The van der Waals surface area contributed by atoms with Crippen LogP contribution in [0.3, 0.4) is 0 Å². The molecule has 1 fully saturated rings. The Morgan fingerprint density at radius 2 is 2.15 bits per heavy atom. The van der Waals surface area contributed by atoms with Crippen LogP contribution < -0.4 is 5.32 Å². The summed E-state index contributed by atoms with van der Waals surface area (Å²) in [7, 11) is 0. The molecule has 0 radical (unpaired) electrons. The third-order valence-electron chi connectivity index (χ3n) is 4.63. The second kappa shape index (κ2) is 10.2. The molecule has 7 heteroatoms. The van der Waals surface area contributed by atoms with Crippen LogP contribution in [-0.4, -0.2) is 54.7 Å². The molecule has 148 valence electrons. The van der Waals surface area contributed by atoms with Crippen molar-refractivity contribution < 1.29 is 4.74 Å². The van der Waals surface area contributed by atoms with Gasteiger partial charge in [-0.05, 0) is 45.7 Å². The summed E-state index contributed by atoms with van der Waals surface area (Å²) in [6.07, 6.45) is 3.55. The molecule has 3 rings (SSSR count). The highest BCUT2D eigenvalue weighted by molar-refractivity contribution is 7.16. The Kier molecular flexibility index (Phi) is 7.67. The summed E-state index contributed by atoms with van der Waals surface area (Å²) in [6.45, 7) is 10.8. The number of aryl methyl sites for hydroxylation is 1. The predicted molar refractivity (Wildman–Crippen MR) is 116 cm³/mol. The maximum Gasteiger partial charge on any atom is 0.193 e. The number of hydrogen-bond donors (Lipinski definition) is 1. The summed E-state index contributed by atoms with van der Waals surface area (Å²) in [4.78, 5) is 14.4. The van der Waals surface area contributed by atoms with Gasteiger partial charge in [0.05, 0.1) is 21.7 Å². The fraction of sp³-hybridized carbons (Fsp3) is 0.600. The summed E-state index contributed by atoms with van der Waals surface area (Å²) in [5.74, 6) is 1.04. The number of aliphatic imine (C=N–C) groups is 1. The largest absolute Gasteiger partial charge is 0.378 e. The first-order chi connectivity index (χ1) is 13.2. The molecule has 27 heavy (non-hydrogen) atoms. The molecule has 3 heterocycles. The van der Waals surface area contributed by atoms with Crippen LogP contribution in [0.15, 0.2) is 22.5 Å². The van der Waals surface area contributed by atoms with E-state index in [1.807, 2.05) is 11.3 Å². The fourth-order valence-corrected chi connectivity index (χ4v) is 4.94. The van der Waals surface area contributed by atoms with E-state index < -0.39 is 0 Å². The van der Waals surface area contributed by atoms with E-state index in [1.54, 1.807) is 11.3 Å². The third-order valence-corrected chi connectivity index (χ3v) is 6.57. The van der Waals surface area contributed by atoms with Crippen molar-refractivity contribution in [3.8, 4) is 10.6 Å². The van der Waals surface area contributed by atoms with Crippen molar-refractivity contribution in [3.63, 3.8) is 0 Å². The van der Waals surface area contributed by atoms with E-state index in [2.05, 4.69) is 53.5 Å². The minimum absolute atomic E-state index is 0.410. The zero-order valence-corrected chi connectivity index (χ0v) is 18.2. The van der Waals surface area contributed by atoms with E-state index in [1.165, 1.54) is 9.75 Å². The Morgan fingerprint density at radius 3 is 2.81 bits per heavy atom. The number of likely N-dealkylation sites (tertiary alicyclic amines) is 1. The lowest BCUT2D eigenvalue weighted by molar-refractivity contribution is 0.0264. The van der Waals surface area contributed by atoms with E-state index in [4.69, 9.17) is 9.73 Å². The molecule has 0 spiro atoms. The molecule has 5 nitrogen and oxygen atoms in total. The van der Waals surface area contributed by atoms with E-state index in [9.17, 15) is 0 Å². The van der Waals surface area contributed by atoms with Crippen molar-refractivity contribution in [2.45, 2.75) is 46.1 Å². The molecule has 1 aliphatic heterocycles. The van der Waals surface area contributed by atoms with Crippen LogP contribution in [0.1, 0.15) is 36.6 Å². The van der Waals surface area contributed by atoms with Gasteiger partial charge in [-0.3, -0.25) is 4.99 Å². The Bertz CT molecular complexity index is 732. The summed E-state index contributed by atoms with van der Waals surface area (Å²) >= 11 is 3.54. The highest BCUT2D eigenvalue weighted by Gasteiger charge is 2.21. The Balaban J connectivity index is 1.54. The van der Waals surface area contributed by atoms with E-state index in [0.717, 1.165) is 68.7 Å². The molecule has 1 aliphatic rings. The zero-order valence-electron chi connectivity index (χ0n) is 16.5. The number of rotatable bonds is 7. The van der Waals surface area contributed by atoms with Gasteiger partial charge in [0, 0.05) is 49.5 Å². The Hall–Kier alpha value is -1.44. The van der Waals surface area contributed by atoms with Crippen LogP contribution in [-0.2, 0) is 11.2 Å². The Labute approximate surface area is 170 Å². The Morgan fingerprint density at radius 1 is 1.33 bits per heavy atom. The lowest BCUT2D eigenvalue weighted by atomic mass is 10.1. The third kappa shape index (κ3) is 5.77. The van der Waals surface area contributed by atoms with Crippen LogP contribution in [0.2, 0.25) is 0 Å². The molecular formula is C20H30N4OS2. The normalized spacial score (nSPS) is 16.1. The fourth-order valence-electron chi connectivity index (χ4n) is 3.29. The average Bonchev–Trinajstić information content (AvgIpc) is 3.31. The van der Waals surface area contributed by atoms with Crippen molar-refractivity contribution in [1.29, 1.82) is 0 Å². The minimum Gasteiger partial charge on any atom is -0.378 e.